The molecule has 6 nitrogen and oxygen atoms in total. The van der Waals surface area contributed by atoms with Crippen LogP contribution in [0.2, 0.25) is 5.02 Å². The standard InChI is InChI=1S/C30H41ClN4O2/c1-9-20(3)27(34-25-12-11-23(18-32)17-24(25)31)21(4)28(33-10-2)36-26-13-16-35(19-30(26)14-15-30)22(5)37-29(6,7)8/h10-12,17,20-21,26H,2,5,9,13-16,19H2,1,3-4,6-8H3. The van der Waals surface area contributed by atoms with Gasteiger partial charge in [0, 0.05) is 36.8 Å². The third-order valence-corrected chi connectivity index (χ3v) is 7.56. The molecule has 2 fully saturated rings. The molecule has 1 aromatic rings. The number of halogens is 1. The fraction of sp³-hybridized carbons (Fsp3) is 0.567. The maximum atomic E-state index is 9.18. The number of ether oxygens (including phenoxy) is 2. The van der Waals surface area contributed by atoms with E-state index in [0.29, 0.717) is 22.2 Å². The van der Waals surface area contributed by atoms with Gasteiger partial charge in [-0.15, -0.1) is 0 Å². The zero-order valence-corrected chi connectivity index (χ0v) is 23.9. The fourth-order valence-corrected chi connectivity index (χ4v) is 5.07. The van der Waals surface area contributed by atoms with Crippen molar-refractivity contribution in [1.82, 2.24) is 4.90 Å². The van der Waals surface area contributed by atoms with Gasteiger partial charge < -0.3 is 14.4 Å². The highest BCUT2D eigenvalue weighted by molar-refractivity contribution is 6.33. The highest BCUT2D eigenvalue weighted by Crippen LogP contribution is 2.54. The molecule has 0 amide bonds. The zero-order chi connectivity index (χ0) is 27.4. The summed E-state index contributed by atoms with van der Waals surface area (Å²) in [5.41, 5.74) is 1.91. The van der Waals surface area contributed by atoms with Crippen LogP contribution in [0.4, 0.5) is 5.69 Å². The van der Waals surface area contributed by atoms with Crippen molar-refractivity contribution in [2.24, 2.45) is 27.2 Å². The predicted octanol–water partition coefficient (Wildman–Crippen LogP) is 7.67. The van der Waals surface area contributed by atoms with Gasteiger partial charge in [-0.05, 0) is 77.7 Å². The molecular formula is C30H41ClN4O2. The summed E-state index contributed by atoms with van der Waals surface area (Å²) in [5.74, 6) is 1.40. The lowest BCUT2D eigenvalue weighted by molar-refractivity contribution is -0.0358. The quantitative estimate of drug-likeness (QED) is 0.189. The molecule has 3 unspecified atom stereocenters. The van der Waals surface area contributed by atoms with E-state index in [4.69, 9.17) is 26.1 Å². The van der Waals surface area contributed by atoms with Gasteiger partial charge in [-0.3, -0.25) is 4.99 Å². The van der Waals surface area contributed by atoms with Gasteiger partial charge in [0.25, 0.3) is 0 Å². The Labute approximate surface area is 227 Å². The van der Waals surface area contributed by atoms with E-state index in [1.54, 1.807) is 24.4 Å². The van der Waals surface area contributed by atoms with Crippen molar-refractivity contribution in [3.05, 3.63) is 54.0 Å². The number of rotatable bonds is 9. The van der Waals surface area contributed by atoms with Gasteiger partial charge in [0.05, 0.1) is 28.3 Å². The molecule has 1 aromatic carbocycles. The molecule has 3 atom stereocenters. The summed E-state index contributed by atoms with van der Waals surface area (Å²) in [6.45, 7) is 22.2. The van der Waals surface area contributed by atoms with Crippen LogP contribution >= 0.6 is 11.6 Å². The van der Waals surface area contributed by atoms with Crippen LogP contribution in [-0.4, -0.2) is 41.3 Å². The molecule has 0 N–H and O–H groups in total. The van der Waals surface area contributed by atoms with E-state index in [-0.39, 0.29) is 29.0 Å². The van der Waals surface area contributed by atoms with Gasteiger partial charge >= 0.3 is 0 Å². The van der Waals surface area contributed by atoms with Crippen LogP contribution in [-0.2, 0) is 9.47 Å². The summed E-state index contributed by atoms with van der Waals surface area (Å²) >= 11 is 6.47. The maximum Gasteiger partial charge on any atom is 0.196 e. The summed E-state index contributed by atoms with van der Waals surface area (Å²) < 4.78 is 12.8. The van der Waals surface area contributed by atoms with Gasteiger partial charge in [0.2, 0.25) is 0 Å². The first-order valence-corrected chi connectivity index (χ1v) is 13.6. The molecule has 1 aliphatic heterocycles. The van der Waals surface area contributed by atoms with Crippen LogP contribution in [0, 0.1) is 28.6 Å². The molecule has 1 heterocycles. The van der Waals surface area contributed by atoms with Gasteiger partial charge in [0.1, 0.15) is 11.7 Å². The Morgan fingerprint density at radius 3 is 2.59 bits per heavy atom. The van der Waals surface area contributed by atoms with Crippen molar-refractivity contribution in [3.8, 4) is 6.07 Å². The molecule has 1 spiro atoms. The van der Waals surface area contributed by atoms with Gasteiger partial charge in [-0.25, -0.2) is 4.99 Å². The Morgan fingerprint density at radius 1 is 1.35 bits per heavy atom. The monoisotopic (exact) mass is 524 g/mol. The number of aliphatic imine (C=N–C) groups is 2. The molecule has 0 radical (unpaired) electrons. The number of hydrogen-bond donors (Lipinski definition) is 0. The molecule has 0 aromatic heterocycles. The fourth-order valence-electron chi connectivity index (χ4n) is 4.85. The third kappa shape index (κ3) is 7.17. The average Bonchev–Trinajstić information content (AvgIpc) is 3.61. The molecule has 7 heteroatoms. The molecular weight excluding hydrogens is 484 g/mol. The third-order valence-electron chi connectivity index (χ3n) is 7.26. The Hall–Kier alpha value is -2.78. The Kier molecular flexibility index (Phi) is 9.13. The van der Waals surface area contributed by atoms with E-state index in [1.165, 1.54) is 0 Å². The second kappa shape index (κ2) is 11.7. The molecule has 200 valence electrons. The molecule has 2 aliphatic rings. The van der Waals surface area contributed by atoms with E-state index in [1.807, 2.05) is 20.8 Å². The van der Waals surface area contributed by atoms with Gasteiger partial charge in [-0.1, -0.05) is 32.0 Å². The Morgan fingerprint density at radius 2 is 2.05 bits per heavy atom. The summed E-state index contributed by atoms with van der Waals surface area (Å²) in [6, 6.07) is 7.30. The highest BCUT2D eigenvalue weighted by atomic mass is 35.5. The first-order valence-electron chi connectivity index (χ1n) is 13.2. The Balaban J connectivity index is 1.82. The minimum atomic E-state index is -0.274. The Bertz CT molecular complexity index is 1110. The normalized spacial score (nSPS) is 21.1. The molecule has 1 saturated carbocycles. The van der Waals surface area contributed by atoms with Crippen LogP contribution in [0.1, 0.15) is 72.8 Å². The van der Waals surface area contributed by atoms with Crippen LogP contribution in [0.15, 0.2) is 53.4 Å². The highest BCUT2D eigenvalue weighted by Gasteiger charge is 2.55. The number of hydrogen-bond acceptors (Lipinski definition) is 6. The number of benzene rings is 1. The maximum absolute atomic E-state index is 9.18. The lowest BCUT2D eigenvalue weighted by Gasteiger charge is -2.42. The first kappa shape index (κ1) is 28.8. The zero-order valence-electron chi connectivity index (χ0n) is 23.2. The molecule has 37 heavy (non-hydrogen) atoms. The SMILES string of the molecule is C=CN=C(OC1CCN(C(=C)OC(C)(C)C)CC12CC2)C(C)C(=Nc1ccc(C#N)cc1Cl)C(C)CC. The van der Waals surface area contributed by atoms with Gasteiger partial charge in [-0.2, -0.15) is 5.26 Å². The van der Waals surface area contributed by atoms with E-state index in [0.717, 1.165) is 50.4 Å². The van der Waals surface area contributed by atoms with Crippen molar-refractivity contribution >= 4 is 28.9 Å². The molecule has 1 aliphatic carbocycles. The molecule has 3 rings (SSSR count). The minimum Gasteiger partial charge on any atom is -0.476 e. The molecule has 1 saturated heterocycles. The second-order valence-electron chi connectivity index (χ2n) is 11.3. The van der Waals surface area contributed by atoms with Crippen molar-refractivity contribution in [2.45, 2.75) is 78.9 Å². The van der Waals surface area contributed by atoms with E-state index in [2.05, 4.69) is 49.9 Å². The average molecular weight is 525 g/mol. The van der Waals surface area contributed by atoms with Crippen molar-refractivity contribution in [3.63, 3.8) is 0 Å². The number of nitriles is 1. The summed E-state index contributed by atoms with van der Waals surface area (Å²) in [5, 5.41) is 9.64. The van der Waals surface area contributed by atoms with Gasteiger partial charge in [0.15, 0.2) is 11.8 Å². The second-order valence-corrected chi connectivity index (χ2v) is 11.7. The number of nitrogens with zero attached hydrogens (tertiary/aromatic N) is 4. The topological polar surface area (TPSA) is 70.2 Å². The predicted molar refractivity (Wildman–Crippen MR) is 152 cm³/mol. The smallest absolute Gasteiger partial charge is 0.196 e. The van der Waals surface area contributed by atoms with Crippen LogP contribution in [0.25, 0.3) is 0 Å². The lowest BCUT2D eigenvalue weighted by atomic mass is 9.89. The summed E-state index contributed by atoms with van der Waals surface area (Å²) in [7, 11) is 0. The van der Waals surface area contributed by atoms with E-state index < -0.39 is 0 Å². The number of likely N-dealkylation sites (tertiary alicyclic amines) is 1. The van der Waals surface area contributed by atoms with E-state index >= 15 is 0 Å². The largest absolute Gasteiger partial charge is 0.476 e. The van der Waals surface area contributed by atoms with Crippen molar-refractivity contribution in [1.29, 1.82) is 5.26 Å². The van der Waals surface area contributed by atoms with Crippen LogP contribution in [0.5, 0.6) is 0 Å². The first-order chi connectivity index (χ1) is 17.4. The van der Waals surface area contributed by atoms with Crippen molar-refractivity contribution in [2.75, 3.05) is 13.1 Å². The summed E-state index contributed by atoms with van der Waals surface area (Å²) in [4.78, 5) is 11.8. The van der Waals surface area contributed by atoms with E-state index in [9.17, 15) is 5.26 Å². The minimum absolute atomic E-state index is 0.0593. The van der Waals surface area contributed by atoms with Crippen LogP contribution < -0.4 is 0 Å². The lowest BCUT2D eigenvalue weighted by Crippen LogP contribution is -2.47. The van der Waals surface area contributed by atoms with Crippen LogP contribution in [0.3, 0.4) is 0 Å². The number of piperidine rings is 1. The summed E-state index contributed by atoms with van der Waals surface area (Å²) in [6.07, 6.45) is 5.61. The van der Waals surface area contributed by atoms with Crippen molar-refractivity contribution < 1.29 is 9.47 Å². The molecule has 0 bridgehead atoms.